The van der Waals surface area contributed by atoms with Crippen molar-refractivity contribution in [2.75, 3.05) is 0 Å². The number of benzene rings is 2. The van der Waals surface area contributed by atoms with Gasteiger partial charge in [0.2, 0.25) is 0 Å². The van der Waals surface area contributed by atoms with Crippen molar-refractivity contribution < 1.29 is 19.7 Å². The fourth-order valence-electron chi connectivity index (χ4n) is 1.50. The van der Waals surface area contributed by atoms with Gasteiger partial charge < -0.3 is 14.9 Å². The number of phenolic OH excluding ortho intramolecular Hbond substituents is 2. The maximum atomic E-state index is 11.7. The molecule has 2 rings (SSSR count). The Labute approximate surface area is 104 Å². The number of phenols is 2. The van der Waals surface area contributed by atoms with Crippen LogP contribution in [0.15, 0.2) is 48.5 Å². The second-order valence-corrected chi connectivity index (χ2v) is 3.74. The lowest BCUT2D eigenvalue weighted by molar-refractivity contribution is 0.0468. The Balaban J connectivity index is 2.07. The summed E-state index contributed by atoms with van der Waals surface area (Å²) in [7, 11) is 0. The first kappa shape index (κ1) is 12.0. The number of aromatic hydroxyl groups is 2. The highest BCUT2D eigenvalue weighted by Gasteiger charge is 2.15. The molecule has 0 saturated heterocycles. The van der Waals surface area contributed by atoms with E-state index in [1.165, 1.54) is 18.2 Å². The van der Waals surface area contributed by atoms with E-state index in [-0.39, 0.29) is 17.9 Å². The fourth-order valence-corrected chi connectivity index (χ4v) is 1.50. The van der Waals surface area contributed by atoms with Crippen LogP contribution in [-0.4, -0.2) is 16.2 Å². The van der Waals surface area contributed by atoms with Crippen LogP contribution in [0.5, 0.6) is 11.5 Å². The van der Waals surface area contributed by atoms with Crippen molar-refractivity contribution in [3.05, 3.63) is 59.7 Å². The smallest absolute Gasteiger partial charge is 0.342 e. The van der Waals surface area contributed by atoms with E-state index < -0.39 is 11.7 Å². The number of ether oxygens (including phenoxy) is 1. The largest absolute Gasteiger partial charge is 0.504 e. The van der Waals surface area contributed by atoms with E-state index in [9.17, 15) is 15.0 Å². The standard InChI is InChI=1S/C14H12O4/c15-12-8-4-7-11(13(12)16)14(17)18-9-10-5-2-1-3-6-10/h1-8,15-16H,9H2. The van der Waals surface area contributed by atoms with E-state index in [4.69, 9.17) is 4.74 Å². The maximum Gasteiger partial charge on any atom is 0.342 e. The van der Waals surface area contributed by atoms with Gasteiger partial charge in [-0.2, -0.15) is 0 Å². The molecule has 0 fully saturated rings. The topological polar surface area (TPSA) is 66.8 Å². The van der Waals surface area contributed by atoms with Gasteiger partial charge >= 0.3 is 5.97 Å². The zero-order valence-corrected chi connectivity index (χ0v) is 9.54. The first-order chi connectivity index (χ1) is 8.68. The summed E-state index contributed by atoms with van der Waals surface area (Å²) in [5, 5.41) is 18.8. The van der Waals surface area contributed by atoms with E-state index in [1.54, 1.807) is 0 Å². The summed E-state index contributed by atoms with van der Waals surface area (Å²) in [6, 6.07) is 13.4. The number of rotatable bonds is 3. The normalized spacial score (nSPS) is 10.0. The maximum absolute atomic E-state index is 11.7. The van der Waals surface area contributed by atoms with Crippen LogP contribution in [-0.2, 0) is 11.3 Å². The Kier molecular flexibility index (Phi) is 3.48. The molecule has 0 unspecified atom stereocenters. The summed E-state index contributed by atoms with van der Waals surface area (Å²) >= 11 is 0. The highest BCUT2D eigenvalue weighted by molar-refractivity contribution is 5.93. The number of para-hydroxylation sites is 1. The fraction of sp³-hybridized carbons (Fsp3) is 0.0714. The Morgan fingerprint density at radius 2 is 1.72 bits per heavy atom. The third-order valence-electron chi connectivity index (χ3n) is 2.45. The predicted molar refractivity (Wildman–Crippen MR) is 65.3 cm³/mol. The second-order valence-electron chi connectivity index (χ2n) is 3.74. The Morgan fingerprint density at radius 1 is 1.00 bits per heavy atom. The molecule has 4 heteroatoms. The minimum atomic E-state index is -0.674. The van der Waals surface area contributed by atoms with Crippen LogP contribution >= 0.6 is 0 Å². The van der Waals surface area contributed by atoms with Crippen LogP contribution in [0, 0.1) is 0 Å². The van der Waals surface area contributed by atoms with Gasteiger partial charge in [-0.25, -0.2) is 4.79 Å². The molecule has 0 amide bonds. The molecule has 0 atom stereocenters. The number of carbonyl (C=O) groups is 1. The molecule has 0 aliphatic rings. The summed E-state index contributed by atoms with van der Waals surface area (Å²) in [4.78, 5) is 11.7. The molecule has 0 aromatic heterocycles. The van der Waals surface area contributed by atoms with Crippen molar-refractivity contribution in [1.82, 2.24) is 0 Å². The van der Waals surface area contributed by atoms with E-state index in [2.05, 4.69) is 0 Å². The Bertz CT molecular complexity index is 549. The average molecular weight is 244 g/mol. The molecule has 2 N–H and O–H groups in total. The third-order valence-corrected chi connectivity index (χ3v) is 2.45. The van der Waals surface area contributed by atoms with Crippen LogP contribution in [0.25, 0.3) is 0 Å². The van der Waals surface area contributed by atoms with Crippen LogP contribution in [0.1, 0.15) is 15.9 Å². The Morgan fingerprint density at radius 3 is 2.44 bits per heavy atom. The molecule has 2 aromatic carbocycles. The summed E-state index contributed by atoms with van der Waals surface area (Å²) in [6.07, 6.45) is 0. The van der Waals surface area contributed by atoms with Crippen molar-refractivity contribution in [3.8, 4) is 11.5 Å². The van der Waals surface area contributed by atoms with Gasteiger partial charge in [0, 0.05) is 0 Å². The van der Waals surface area contributed by atoms with Gasteiger partial charge in [0.15, 0.2) is 11.5 Å². The SMILES string of the molecule is O=C(OCc1ccccc1)c1cccc(O)c1O. The second kappa shape index (κ2) is 5.23. The first-order valence-corrected chi connectivity index (χ1v) is 5.40. The minimum Gasteiger partial charge on any atom is -0.504 e. The van der Waals surface area contributed by atoms with Gasteiger partial charge in [0.25, 0.3) is 0 Å². The van der Waals surface area contributed by atoms with Crippen LogP contribution in [0.4, 0.5) is 0 Å². The van der Waals surface area contributed by atoms with E-state index in [0.29, 0.717) is 0 Å². The van der Waals surface area contributed by atoms with Crippen molar-refractivity contribution in [2.24, 2.45) is 0 Å². The monoisotopic (exact) mass is 244 g/mol. The first-order valence-electron chi connectivity index (χ1n) is 5.40. The number of hydrogen-bond acceptors (Lipinski definition) is 4. The molecule has 18 heavy (non-hydrogen) atoms. The summed E-state index contributed by atoms with van der Waals surface area (Å²) in [6.45, 7) is 0.120. The van der Waals surface area contributed by atoms with E-state index >= 15 is 0 Å². The van der Waals surface area contributed by atoms with Crippen LogP contribution in [0.2, 0.25) is 0 Å². The van der Waals surface area contributed by atoms with Crippen molar-refractivity contribution in [1.29, 1.82) is 0 Å². The lowest BCUT2D eigenvalue weighted by Gasteiger charge is -2.07. The molecule has 0 spiro atoms. The lowest BCUT2D eigenvalue weighted by Crippen LogP contribution is -2.05. The van der Waals surface area contributed by atoms with Gasteiger partial charge in [-0.3, -0.25) is 0 Å². The molecule has 0 heterocycles. The molecule has 2 aromatic rings. The van der Waals surface area contributed by atoms with Crippen molar-refractivity contribution in [3.63, 3.8) is 0 Å². The number of esters is 1. The summed E-state index contributed by atoms with van der Waals surface area (Å²) < 4.78 is 5.04. The quantitative estimate of drug-likeness (QED) is 0.643. The van der Waals surface area contributed by atoms with E-state index in [0.717, 1.165) is 5.56 Å². The minimum absolute atomic E-state index is 0.0501. The van der Waals surface area contributed by atoms with Crippen molar-refractivity contribution >= 4 is 5.97 Å². The summed E-state index contributed by atoms with van der Waals surface area (Å²) in [5.41, 5.74) is 0.802. The molecule has 92 valence electrons. The number of carbonyl (C=O) groups excluding carboxylic acids is 1. The van der Waals surface area contributed by atoms with Crippen molar-refractivity contribution in [2.45, 2.75) is 6.61 Å². The molecule has 0 bridgehead atoms. The lowest BCUT2D eigenvalue weighted by atomic mass is 10.2. The van der Waals surface area contributed by atoms with Gasteiger partial charge in [0.05, 0.1) is 0 Å². The van der Waals surface area contributed by atoms with Gasteiger partial charge in [0.1, 0.15) is 12.2 Å². The molecule has 0 aliphatic carbocycles. The summed E-state index contributed by atoms with van der Waals surface area (Å²) in [5.74, 6) is -1.48. The molecular weight excluding hydrogens is 232 g/mol. The molecule has 0 aliphatic heterocycles. The molecule has 4 nitrogen and oxygen atoms in total. The van der Waals surface area contributed by atoms with E-state index in [1.807, 2.05) is 30.3 Å². The number of hydrogen-bond donors (Lipinski definition) is 2. The molecule has 0 radical (unpaired) electrons. The zero-order chi connectivity index (χ0) is 13.0. The van der Waals surface area contributed by atoms with Crippen LogP contribution in [0.3, 0.4) is 0 Å². The third kappa shape index (κ3) is 2.60. The van der Waals surface area contributed by atoms with Crippen LogP contribution < -0.4 is 0 Å². The highest BCUT2D eigenvalue weighted by Crippen LogP contribution is 2.28. The Hall–Kier alpha value is -2.49. The van der Waals surface area contributed by atoms with Gasteiger partial charge in [-0.15, -0.1) is 0 Å². The zero-order valence-electron chi connectivity index (χ0n) is 9.54. The van der Waals surface area contributed by atoms with Gasteiger partial charge in [-0.1, -0.05) is 36.4 Å². The highest BCUT2D eigenvalue weighted by atomic mass is 16.5. The molecular formula is C14H12O4. The average Bonchev–Trinajstić information content (AvgIpc) is 2.40. The predicted octanol–water partition coefficient (Wildman–Crippen LogP) is 2.45. The van der Waals surface area contributed by atoms with Gasteiger partial charge in [-0.05, 0) is 17.7 Å². The molecule has 0 saturated carbocycles.